The van der Waals surface area contributed by atoms with Crippen LogP contribution in [0, 0.1) is 0 Å². The van der Waals surface area contributed by atoms with Gasteiger partial charge in [-0.3, -0.25) is 9.69 Å². The summed E-state index contributed by atoms with van der Waals surface area (Å²) < 4.78 is 12.5. The summed E-state index contributed by atoms with van der Waals surface area (Å²) in [4.78, 5) is 29.0. The van der Waals surface area contributed by atoms with Gasteiger partial charge in [0.2, 0.25) is 0 Å². The molecule has 0 spiro atoms. The normalized spacial score (nSPS) is 15.4. The van der Waals surface area contributed by atoms with Crippen LogP contribution in [-0.4, -0.2) is 52.4 Å². The van der Waals surface area contributed by atoms with Gasteiger partial charge in [-0.1, -0.05) is 23.7 Å². The molecule has 1 saturated heterocycles. The van der Waals surface area contributed by atoms with Crippen LogP contribution in [0.3, 0.4) is 0 Å². The zero-order valence-corrected chi connectivity index (χ0v) is 18.7. The summed E-state index contributed by atoms with van der Waals surface area (Å²) in [5.74, 6) is 0. The summed E-state index contributed by atoms with van der Waals surface area (Å²) in [6.07, 6.45) is -0.265. The van der Waals surface area contributed by atoms with Gasteiger partial charge in [0, 0.05) is 37.7 Å². The van der Waals surface area contributed by atoms with Crippen LogP contribution in [-0.2, 0) is 11.3 Å². The van der Waals surface area contributed by atoms with E-state index in [1.165, 1.54) is 4.74 Å². The van der Waals surface area contributed by atoms with Crippen LogP contribution in [0.4, 0.5) is 4.79 Å². The number of fused-ring (bicyclic) bond motifs is 1. The number of piperazine rings is 1. The molecule has 1 aliphatic rings. The van der Waals surface area contributed by atoms with Crippen molar-refractivity contribution in [3.8, 4) is 5.69 Å². The highest BCUT2D eigenvalue weighted by molar-refractivity contribution is 6.31. The lowest BCUT2D eigenvalue weighted by molar-refractivity contribution is 0.0139. The van der Waals surface area contributed by atoms with E-state index in [1.54, 1.807) is 23.1 Å². The lowest BCUT2D eigenvalue weighted by Crippen LogP contribution is -2.49. The molecule has 0 unspecified atom stereocenters. The van der Waals surface area contributed by atoms with Crippen molar-refractivity contribution in [1.29, 1.82) is 0 Å². The van der Waals surface area contributed by atoms with Gasteiger partial charge < -0.3 is 14.2 Å². The first-order valence-corrected chi connectivity index (χ1v) is 10.7. The van der Waals surface area contributed by atoms with E-state index >= 15 is 0 Å². The fraction of sp³-hybridized carbons (Fsp3) is 0.391. The maximum absolute atomic E-state index is 12.7. The van der Waals surface area contributed by atoms with E-state index in [2.05, 4.69) is 4.90 Å². The summed E-state index contributed by atoms with van der Waals surface area (Å²) >= 11 is 6.01. The molecular weight excluding hydrogens is 418 g/mol. The van der Waals surface area contributed by atoms with Gasteiger partial charge in [0.1, 0.15) is 5.60 Å². The fourth-order valence-electron chi connectivity index (χ4n) is 3.62. The molecule has 1 fully saturated rings. The van der Waals surface area contributed by atoms with Crippen LogP contribution in [0.15, 0.2) is 51.8 Å². The predicted octanol–water partition coefficient (Wildman–Crippen LogP) is 4.29. The lowest BCUT2D eigenvalue weighted by atomic mass is 10.1. The van der Waals surface area contributed by atoms with Crippen molar-refractivity contribution in [3.63, 3.8) is 0 Å². The minimum atomic E-state index is -0.491. The van der Waals surface area contributed by atoms with Crippen molar-refractivity contribution in [2.24, 2.45) is 0 Å². The van der Waals surface area contributed by atoms with Gasteiger partial charge in [-0.2, -0.15) is 0 Å². The first-order chi connectivity index (χ1) is 14.7. The average molecular weight is 444 g/mol. The van der Waals surface area contributed by atoms with E-state index in [0.717, 1.165) is 25.2 Å². The van der Waals surface area contributed by atoms with Crippen LogP contribution in [0.1, 0.15) is 26.3 Å². The summed E-state index contributed by atoms with van der Waals surface area (Å²) in [6, 6.07) is 12.7. The number of hydrogen-bond acceptors (Lipinski definition) is 5. The summed E-state index contributed by atoms with van der Waals surface area (Å²) in [5.41, 5.74) is 1.50. The highest BCUT2D eigenvalue weighted by Gasteiger charge is 2.25. The SMILES string of the molecule is CC(C)(C)OC(=O)N1CCN(Cc2cccc(-n3oc4ccc(Cl)cc4c3=O)c2)CC1. The second kappa shape index (κ2) is 8.40. The van der Waals surface area contributed by atoms with E-state index in [-0.39, 0.29) is 11.7 Å². The monoisotopic (exact) mass is 443 g/mol. The minimum Gasteiger partial charge on any atom is -0.444 e. The number of nitrogens with zero attached hydrogens (tertiary/aromatic N) is 3. The molecule has 8 heteroatoms. The highest BCUT2D eigenvalue weighted by Crippen LogP contribution is 2.20. The molecule has 0 aliphatic carbocycles. The number of benzene rings is 2. The zero-order chi connectivity index (χ0) is 22.2. The Morgan fingerprint density at radius 3 is 2.55 bits per heavy atom. The molecular formula is C23H26ClN3O4. The number of aromatic nitrogens is 1. The van der Waals surface area contributed by atoms with Crippen molar-refractivity contribution < 1.29 is 14.1 Å². The van der Waals surface area contributed by atoms with Crippen LogP contribution in [0.2, 0.25) is 5.02 Å². The Labute approximate surface area is 185 Å². The predicted molar refractivity (Wildman–Crippen MR) is 120 cm³/mol. The molecule has 1 aromatic heterocycles. The lowest BCUT2D eigenvalue weighted by Gasteiger charge is -2.35. The van der Waals surface area contributed by atoms with E-state index in [4.69, 9.17) is 20.9 Å². The highest BCUT2D eigenvalue weighted by atomic mass is 35.5. The fourth-order valence-corrected chi connectivity index (χ4v) is 3.79. The van der Waals surface area contributed by atoms with Crippen molar-refractivity contribution in [2.75, 3.05) is 26.2 Å². The Hall–Kier alpha value is -2.77. The second-order valence-corrected chi connectivity index (χ2v) is 9.18. The quantitative estimate of drug-likeness (QED) is 0.604. The number of rotatable bonds is 3. The number of carbonyl (C=O) groups excluding carboxylic acids is 1. The van der Waals surface area contributed by atoms with Gasteiger partial charge in [-0.15, -0.1) is 4.74 Å². The Bertz CT molecular complexity index is 1150. The van der Waals surface area contributed by atoms with E-state index in [1.807, 2.05) is 45.0 Å². The average Bonchev–Trinajstić information content (AvgIpc) is 3.03. The van der Waals surface area contributed by atoms with Crippen molar-refractivity contribution in [1.82, 2.24) is 14.5 Å². The maximum Gasteiger partial charge on any atom is 0.410 e. The third-order valence-electron chi connectivity index (χ3n) is 5.12. The molecule has 2 aromatic carbocycles. The summed E-state index contributed by atoms with van der Waals surface area (Å²) in [7, 11) is 0. The molecule has 7 nitrogen and oxygen atoms in total. The summed E-state index contributed by atoms with van der Waals surface area (Å²) in [6.45, 7) is 9.09. The Kier molecular flexibility index (Phi) is 5.81. The third-order valence-corrected chi connectivity index (χ3v) is 5.36. The van der Waals surface area contributed by atoms with Gasteiger partial charge in [-0.05, 0) is 56.7 Å². The molecule has 2 heterocycles. The Morgan fingerprint density at radius 2 is 1.84 bits per heavy atom. The molecule has 164 valence electrons. The van der Waals surface area contributed by atoms with Gasteiger partial charge in [0.15, 0.2) is 5.58 Å². The molecule has 31 heavy (non-hydrogen) atoms. The van der Waals surface area contributed by atoms with Gasteiger partial charge >= 0.3 is 6.09 Å². The largest absolute Gasteiger partial charge is 0.444 e. The van der Waals surface area contributed by atoms with Crippen LogP contribution >= 0.6 is 11.6 Å². The molecule has 3 aromatic rings. The van der Waals surface area contributed by atoms with Gasteiger partial charge in [0.25, 0.3) is 5.56 Å². The molecule has 0 atom stereocenters. The smallest absolute Gasteiger partial charge is 0.410 e. The Balaban J connectivity index is 1.44. The van der Waals surface area contributed by atoms with E-state index < -0.39 is 5.60 Å². The van der Waals surface area contributed by atoms with E-state index in [9.17, 15) is 9.59 Å². The van der Waals surface area contributed by atoms with E-state index in [0.29, 0.717) is 34.8 Å². The standard InChI is InChI=1S/C23H26ClN3O4/c1-23(2,3)30-22(29)26-11-9-25(10-12-26)15-16-5-4-6-18(13-16)27-21(28)19-14-17(24)7-8-20(19)31-27/h4-8,13-14H,9-12,15H2,1-3H3. The zero-order valence-electron chi connectivity index (χ0n) is 17.9. The molecule has 0 bridgehead atoms. The topological polar surface area (TPSA) is 67.9 Å². The maximum atomic E-state index is 12.7. The number of hydrogen-bond donors (Lipinski definition) is 0. The Morgan fingerprint density at radius 1 is 1.10 bits per heavy atom. The molecule has 0 saturated carbocycles. The molecule has 1 amide bonds. The number of ether oxygens (including phenoxy) is 1. The first kappa shape index (κ1) is 21.5. The van der Waals surface area contributed by atoms with Crippen molar-refractivity contribution in [3.05, 3.63) is 63.4 Å². The number of amides is 1. The molecule has 0 radical (unpaired) electrons. The van der Waals surface area contributed by atoms with Gasteiger partial charge in [-0.25, -0.2) is 4.79 Å². The first-order valence-electron chi connectivity index (χ1n) is 10.3. The van der Waals surface area contributed by atoms with Crippen LogP contribution in [0.25, 0.3) is 16.7 Å². The number of carbonyl (C=O) groups is 1. The van der Waals surface area contributed by atoms with Crippen molar-refractivity contribution >= 4 is 28.7 Å². The summed E-state index contributed by atoms with van der Waals surface area (Å²) in [5, 5.41) is 0.952. The number of halogens is 1. The minimum absolute atomic E-state index is 0.236. The second-order valence-electron chi connectivity index (χ2n) is 8.74. The molecule has 0 N–H and O–H groups in total. The van der Waals surface area contributed by atoms with Crippen LogP contribution < -0.4 is 5.56 Å². The molecule has 4 rings (SSSR count). The molecule has 1 aliphatic heterocycles. The van der Waals surface area contributed by atoms with Crippen LogP contribution in [0.5, 0.6) is 0 Å². The van der Waals surface area contributed by atoms with Gasteiger partial charge in [0.05, 0.1) is 11.1 Å². The third kappa shape index (κ3) is 4.94. The van der Waals surface area contributed by atoms with Crippen molar-refractivity contribution in [2.45, 2.75) is 32.9 Å².